The van der Waals surface area contributed by atoms with E-state index < -0.39 is 17.2 Å². The Morgan fingerprint density at radius 3 is 1.76 bits per heavy atom. The zero-order chi connectivity index (χ0) is 31.8. The average Bonchev–Trinajstić information content (AvgIpc) is 3.38. The van der Waals surface area contributed by atoms with Crippen molar-refractivity contribution in [2.75, 3.05) is 5.73 Å². The van der Waals surface area contributed by atoms with Crippen LogP contribution in [-0.2, 0) is 12.0 Å². The number of aromatic hydroxyl groups is 1. The van der Waals surface area contributed by atoms with E-state index in [4.69, 9.17) is 10.8 Å². The number of nitrogens with two attached hydrogens (primary N) is 1. The number of benzene rings is 6. The number of hydrogen-bond donors (Lipinski definition) is 2. The standard InChI is InChI=1S/C40H31F2N3O/c1-26-17-18-34(46)24-35(26)36-25-38-37(22-28(36)19-27-20-32(41)23-33(42)21-27)39(43)44-45(38)40(29-11-5-2-6-12-29,30-13-7-3-8-14-30)31-15-9-4-10-16-31/h2-18,20-25,46H,19H2,1H3,(H2,43,44). The number of phenols is 1. The van der Waals surface area contributed by atoms with E-state index in [0.717, 1.165) is 50.5 Å². The molecule has 1 aromatic heterocycles. The Hall–Kier alpha value is -5.75. The molecule has 1 heterocycles. The molecule has 0 aliphatic heterocycles. The van der Waals surface area contributed by atoms with Gasteiger partial charge < -0.3 is 10.8 Å². The van der Waals surface area contributed by atoms with Crippen molar-refractivity contribution >= 4 is 16.7 Å². The Morgan fingerprint density at radius 2 is 1.22 bits per heavy atom. The van der Waals surface area contributed by atoms with Crippen LogP contribution >= 0.6 is 0 Å². The van der Waals surface area contributed by atoms with Crippen LogP contribution < -0.4 is 5.73 Å². The highest BCUT2D eigenvalue weighted by atomic mass is 19.1. The van der Waals surface area contributed by atoms with E-state index in [-0.39, 0.29) is 12.2 Å². The molecule has 0 aliphatic rings. The molecule has 0 spiro atoms. The van der Waals surface area contributed by atoms with Crippen molar-refractivity contribution in [1.82, 2.24) is 9.78 Å². The van der Waals surface area contributed by atoms with Gasteiger partial charge in [0.15, 0.2) is 5.82 Å². The predicted molar refractivity (Wildman–Crippen MR) is 180 cm³/mol. The molecule has 0 amide bonds. The lowest BCUT2D eigenvalue weighted by Gasteiger charge is -2.37. The van der Waals surface area contributed by atoms with E-state index in [0.29, 0.717) is 16.8 Å². The first kappa shape index (κ1) is 29.0. The summed E-state index contributed by atoms with van der Waals surface area (Å²) in [7, 11) is 0. The Morgan fingerprint density at radius 1 is 0.674 bits per heavy atom. The van der Waals surface area contributed by atoms with Gasteiger partial charge in [0, 0.05) is 11.5 Å². The Balaban J connectivity index is 1.59. The van der Waals surface area contributed by atoms with E-state index in [2.05, 4.69) is 36.4 Å². The summed E-state index contributed by atoms with van der Waals surface area (Å²) in [6.45, 7) is 1.97. The van der Waals surface area contributed by atoms with Gasteiger partial charge in [-0.2, -0.15) is 5.10 Å². The maximum atomic E-state index is 14.3. The third-order valence-electron chi connectivity index (χ3n) is 8.65. The first-order valence-electron chi connectivity index (χ1n) is 15.1. The normalized spacial score (nSPS) is 11.6. The largest absolute Gasteiger partial charge is 0.508 e. The number of rotatable bonds is 7. The molecular weight excluding hydrogens is 576 g/mol. The molecule has 7 aromatic rings. The summed E-state index contributed by atoms with van der Waals surface area (Å²) in [5, 5.41) is 16.3. The molecule has 0 aliphatic carbocycles. The Labute approximate surface area is 266 Å². The van der Waals surface area contributed by atoms with Gasteiger partial charge in [-0.3, -0.25) is 0 Å². The number of aromatic nitrogens is 2. The van der Waals surface area contributed by atoms with E-state index in [1.165, 1.54) is 12.1 Å². The molecule has 3 N–H and O–H groups in total. The van der Waals surface area contributed by atoms with Gasteiger partial charge >= 0.3 is 0 Å². The fraction of sp³-hybridized carbons (Fsp3) is 0.0750. The quantitative estimate of drug-likeness (QED) is 0.178. The third kappa shape index (κ3) is 4.98. The smallest absolute Gasteiger partial charge is 0.153 e. The van der Waals surface area contributed by atoms with Gasteiger partial charge in [-0.1, -0.05) is 97.1 Å². The molecule has 46 heavy (non-hydrogen) atoms. The predicted octanol–water partition coefficient (Wildman–Crippen LogP) is 9.01. The van der Waals surface area contributed by atoms with Crippen molar-refractivity contribution < 1.29 is 13.9 Å². The molecule has 6 heteroatoms. The molecule has 7 rings (SSSR count). The number of phenolic OH excluding ortho intramolecular Hbond substituents is 1. The van der Waals surface area contributed by atoms with Gasteiger partial charge in [0.05, 0.1) is 5.52 Å². The second-order valence-electron chi connectivity index (χ2n) is 11.6. The second-order valence-corrected chi connectivity index (χ2v) is 11.6. The molecule has 0 atom stereocenters. The van der Waals surface area contributed by atoms with Crippen LogP contribution in [0.5, 0.6) is 5.75 Å². The highest BCUT2D eigenvalue weighted by Crippen LogP contribution is 2.45. The summed E-state index contributed by atoms with van der Waals surface area (Å²) in [4.78, 5) is 0. The van der Waals surface area contributed by atoms with Crippen molar-refractivity contribution in [3.8, 4) is 16.9 Å². The van der Waals surface area contributed by atoms with Crippen LogP contribution in [0, 0.1) is 18.6 Å². The number of aryl methyl sites for hydroxylation is 1. The van der Waals surface area contributed by atoms with Crippen LogP contribution in [-0.4, -0.2) is 14.9 Å². The van der Waals surface area contributed by atoms with Crippen LogP contribution in [0.4, 0.5) is 14.6 Å². The molecule has 0 saturated heterocycles. The lowest BCUT2D eigenvalue weighted by molar-refractivity contribution is 0.475. The first-order chi connectivity index (χ1) is 22.3. The zero-order valence-electron chi connectivity index (χ0n) is 25.2. The molecular formula is C40H31F2N3O. The van der Waals surface area contributed by atoms with Crippen LogP contribution in [0.3, 0.4) is 0 Å². The SMILES string of the molecule is Cc1ccc(O)cc1-c1cc2c(cc1Cc1cc(F)cc(F)c1)c(N)nn2C(c1ccccc1)(c1ccccc1)c1ccccc1. The number of anilines is 1. The number of halogens is 2. The molecule has 0 fully saturated rings. The van der Waals surface area contributed by atoms with Gasteiger partial charge in [0.25, 0.3) is 0 Å². The second kappa shape index (κ2) is 11.6. The van der Waals surface area contributed by atoms with Gasteiger partial charge in [0.1, 0.15) is 22.9 Å². The van der Waals surface area contributed by atoms with Crippen LogP contribution in [0.15, 0.2) is 140 Å². The monoisotopic (exact) mass is 607 g/mol. The third-order valence-corrected chi connectivity index (χ3v) is 8.65. The molecule has 0 unspecified atom stereocenters. The highest BCUT2D eigenvalue weighted by Gasteiger charge is 2.41. The van der Waals surface area contributed by atoms with Crippen molar-refractivity contribution in [2.24, 2.45) is 0 Å². The van der Waals surface area contributed by atoms with Crippen LogP contribution in [0.25, 0.3) is 22.0 Å². The van der Waals surface area contributed by atoms with Crippen molar-refractivity contribution in [1.29, 1.82) is 0 Å². The summed E-state index contributed by atoms with van der Waals surface area (Å²) in [6, 6.07) is 43.4. The van der Waals surface area contributed by atoms with E-state index in [1.807, 2.05) is 84.4 Å². The summed E-state index contributed by atoms with van der Waals surface area (Å²) >= 11 is 0. The van der Waals surface area contributed by atoms with Gasteiger partial charge in [-0.05, 0) is 94.3 Å². The van der Waals surface area contributed by atoms with Gasteiger partial charge in [-0.25, -0.2) is 13.5 Å². The summed E-state index contributed by atoms with van der Waals surface area (Å²) in [5.74, 6) is -0.842. The van der Waals surface area contributed by atoms with Crippen LogP contribution in [0.2, 0.25) is 0 Å². The average molecular weight is 608 g/mol. The maximum Gasteiger partial charge on any atom is 0.153 e. The van der Waals surface area contributed by atoms with E-state index in [9.17, 15) is 13.9 Å². The van der Waals surface area contributed by atoms with E-state index >= 15 is 0 Å². The topological polar surface area (TPSA) is 64.1 Å². The minimum atomic E-state index is -0.919. The molecule has 4 nitrogen and oxygen atoms in total. The molecule has 226 valence electrons. The Bertz CT molecular complexity index is 2060. The zero-order valence-corrected chi connectivity index (χ0v) is 25.2. The molecule has 0 bridgehead atoms. The first-order valence-corrected chi connectivity index (χ1v) is 15.1. The fourth-order valence-corrected chi connectivity index (χ4v) is 6.62. The number of nitrogens with zero attached hydrogens (tertiary/aromatic N) is 2. The Kier molecular flexibility index (Phi) is 7.33. The van der Waals surface area contributed by atoms with Crippen molar-refractivity contribution in [2.45, 2.75) is 18.9 Å². The summed E-state index contributed by atoms with van der Waals surface area (Å²) in [5.41, 5.74) is 13.4. The van der Waals surface area contributed by atoms with Crippen molar-refractivity contribution in [3.63, 3.8) is 0 Å². The van der Waals surface area contributed by atoms with Crippen LogP contribution in [0.1, 0.15) is 33.4 Å². The highest BCUT2D eigenvalue weighted by molar-refractivity contribution is 5.95. The van der Waals surface area contributed by atoms with Gasteiger partial charge in [-0.15, -0.1) is 0 Å². The number of fused-ring (bicyclic) bond motifs is 1. The minimum absolute atomic E-state index is 0.115. The number of hydrogen-bond acceptors (Lipinski definition) is 3. The molecule has 6 aromatic carbocycles. The van der Waals surface area contributed by atoms with Crippen molar-refractivity contribution in [3.05, 3.63) is 185 Å². The molecule has 0 radical (unpaired) electrons. The number of nitrogen functional groups attached to an aromatic ring is 1. The lowest BCUT2D eigenvalue weighted by Crippen LogP contribution is -2.38. The lowest BCUT2D eigenvalue weighted by atomic mass is 9.77. The summed E-state index contributed by atoms with van der Waals surface area (Å²) in [6.07, 6.45) is 0.237. The fourth-order valence-electron chi connectivity index (χ4n) is 6.62. The summed E-state index contributed by atoms with van der Waals surface area (Å²) < 4.78 is 30.6. The maximum absolute atomic E-state index is 14.3. The minimum Gasteiger partial charge on any atom is -0.508 e. The molecule has 0 saturated carbocycles. The van der Waals surface area contributed by atoms with Gasteiger partial charge in [0.2, 0.25) is 0 Å². The van der Waals surface area contributed by atoms with E-state index in [1.54, 1.807) is 12.1 Å².